The van der Waals surface area contributed by atoms with Crippen molar-refractivity contribution in [2.75, 3.05) is 26.2 Å². The molecule has 1 amide bonds. The zero-order valence-electron chi connectivity index (χ0n) is 14.5. The lowest BCUT2D eigenvalue weighted by Crippen LogP contribution is -2.54. The maximum Gasteiger partial charge on any atom is 0.250 e. The second-order valence-electron chi connectivity index (χ2n) is 6.86. The van der Waals surface area contributed by atoms with Crippen molar-refractivity contribution in [3.63, 3.8) is 0 Å². The standard InChI is InChI=1S/C18H22Cl2N4O/c1-18(2,24-13-16(20)11-21-24)17(25)23-9-7-22(8-10-23)12-14-3-5-15(19)6-4-14/h3-6,11,13H,7-10,12H2,1-2H3. The lowest BCUT2D eigenvalue weighted by molar-refractivity contribution is -0.141. The van der Waals surface area contributed by atoms with E-state index < -0.39 is 5.54 Å². The van der Waals surface area contributed by atoms with Gasteiger partial charge in [-0.3, -0.25) is 14.4 Å². The number of hydrogen-bond donors (Lipinski definition) is 0. The average molecular weight is 381 g/mol. The van der Waals surface area contributed by atoms with E-state index in [-0.39, 0.29) is 5.91 Å². The van der Waals surface area contributed by atoms with Crippen molar-refractivity contribution < 1.29 is 4.79 Å². The number of nitrogens with zero attached hydrogens (tertiary/aromatic N) is 4. The SMILES string of the molecule is CC(C)(C(=O)N1CCN(Cc2ccc(Cl)cc2)CC1)n1cc(Cl)cn1. The second-order valence-corrected chi connectivity index (χ2v) is 7.73. The lowest BCUT2D eigenvalue weighted by Gasteiger charge is -2.38. The third-order valence-corrected chi connectivity index (χ3v) is 5.07. The van der Waals surface area contributed by atoms with E-state index in [2.05, 4.69) is 10.00 Å². The Bertz CT molecular complexity index is 734. The molecule has 1 fully saturated rings. The number of piperazine rings is 1. The highest BCUT2D eigenvalue weighted by Gasteiger charge is 2.35. The second kappa shape index (κ2) is 7.36. The fourth-order valence-electron chi connectivity index (χ4n) is 3.05. The number of rotatable bonds is 4. The van der Waals surface area contributed by atoms with E-state index in [4.69, 9.17) is 23.2 Å². The van der Waals surface area contributed by atoms with Crippen LogP contribution >= 0.6 is 23.2 Å². The van der Waals surface area contributed by atoms with Gasteiger partial charge in [0.05, 0.1) is 11.2 Å². The molecule has 1 aromatic carbocycles. The maximum absolute atomic E-state index is 12.9. The summed E-state index contributed by atoms with van der Waals surface area (Å²) in [6.07, 6.45) is 3.25. The molecule has 5 nitrogen and oxygen atoms in total. The Morgan fingerprint density at radius 2 is 1.72 bits per heavy atom. The average Bonchev–Trinajstić information content (AvgIpc) is 3.04. The summed E-state index contributed by atoms with van der Waals surface area (Å²) in [7, 11) is 0. The molecule has 7 heteroatoms. The van der Waals surface area contributed by atoms with Crippen molar-refractivity contribution in [3.8, 4) is 0 Å². The minimum atomic E-state index is -0.745. The van der Waals surface area contributed by atoms with Gasteiger partial charge in [-0.15, -0.1) is 0 Å². The van der Waals surface area contributed by atoms with Gasteiger partial charge < -0.3 is 4.90 Å². The predicted molar refractivity (Wildman–Crippen MR) is 99.9 cm³/mol. The minimum absolute atomic E-state index is 0.0680. The van der Waals surface area contributed by atoms with Crippen LogP contribution < -0.4 is 0 Å². The van der Waals surface area contributed by atoms with E-state index in [1.54, 1.807) is 17.1 Å². The molecule has 0 saturated carbocycles. The van der Waals surface area contributed by atoms with Crippen molar-refractivity contribution in [2.24, 2.45) is 0 Å². The monoisotopic (exact) mass is 380 g/mol. The lowest BCUT2D eigenvalue weighted by atomic mass is 10.0. The molecular weight excluding hydrogens is 359 g/mol. The third kappa shape index (κ3) is 4.17. The Labute approximate surface area is 158 Å². The number of carbonyl (C=O) groups is 1. The van der Waals surface area contributed by atoms with Gasteiger partial charge in [-0.25, -0.2) is 0 Å². The molecule has 1 saturated heterocycles. The molecule has 0 aliphatic carbocycles. The third-order valence-electron chi connectivity index (χ3n) is 4.63. The van der Waals surface area contributed by atoms with Gasteiger partial charge in [0, 0.05) is 43.9 Å². The fourth-order valence-corrected chi connectivity index (χ4v) is 3.31. The fraction of sp³-hybridized carbons (Fsp3) is 0.444. The van der Waals surface area contributed by atoms with Gasteiger partial charge in [0.15, 0.2) is 0 Å². The number of halogens is 2. The topological polar surface area (TPSA) is 41.4 Å². The van der Waals surface area contributed by atoms with Crippen molar-refractivity contribution in [2.45, 2.75) is 25.9 Å². The summed E-state index contributed by atoms with van der Waals surface area (Å²) < 4.78 is 1.64. The van der Waals surface area contributed by atoms with Crippen LogP contribution in [0.4, 0.5) is 0 Å². The van der Waals surface area contributed by atoms with E-state index in [0.717, 1.165) is 24.7 Å². The summed E-state index contributed by atoms with van der Waals surface area (Å²) in [5.41, 5.74) is 0.488. The zero-order valence-corrected chi connectivity index (χ0v) is 16.0. The molecule has 0 bridgehead atoms. The van der Waals surface area contributed by atoms with Crippen molar-refractivity contribution >= 4 is 29.1 Å². The Morgan fingerprint density at radius 1 is 1.08 bits per heavy atom. The van der Waals surface area contributed by atoms with E-state index in [1.807, 2.05) is 43.0 Å². The highest BCUT2D eigenvalue weighted by atomic mass is 35.5. The first kappa shape index (κ1) is 18.2. The first-order valence-electron chi connectivity index (χ1n) is 8.33. The van der Waals surface area contributed by atoms with E-state index >= 15 is 0 Å². The van der Waals surface area contributed by atoms with Gasteiger partial charge in [0.1, 0.15) is 5.54 Å². The number of hydrogen-bond acceptors (Lipinski definition) is 3. The quantitative estimate of drug-likeness (QED) is 0.816. The predicted octanol–water partition coefficient (Wildman–Crippen LogP) is 3.27. The molecule has 0 unspecified atom stereocenters. The zero-order chi connectivity index (χ0) is 18.0. The largest absolute Gasteiger partial charge is 0.338 e. The number of amides is 1. The Morgan fingerprint density at radius 3 is 2.28 bits per heavy atom. The number of benzene rings is 1. The van der Waals surface area contributed by atoms with Crippen LogP contribution in [-0.2, 0) is 16.9 Å². The molecule has 2 heterocycles. The molecule has 134 valence electrons. The van der Waals surface area contributed by atoms with Gasteiger partial charge in [0.2, 0.25) is 5.91 Å². The van der Waals surface area contributed by atoms with Gasteiger partial charge in [-0.1, -0.05) is 35.3 Å². The normalized spacial score (nSPS) is 16.2. The van der Waals surface area contributed by atoms with Crippen molar-refractivity contribution in [1.29, 1.82) is 0 Å². The van der Waals surface area contributed by atoms with Gasteiger partial charge in [0.25, 0.3) is 0 Å². The Hall–Kier alpha value is -1.56. The molecule has 1 aliphatic heterocycles. The molecular formula is C18H22Cl2N4O. The molecule has 1 aliphatic rings. The summed E-state index contributed by atoms with van der Waals surface area (Å²) in [6, 6.07) is 7.91. The van der Waals surface area contributed by atoms with E-state index in [0.29, 0.717) is 18.1 Å². The molecule has 3 rings (SSSR count). The van der Waals surface area contributed by atoms with Crippen LogP contribution in [0.5, 0.6) is 0 Å². The smallest absolute Gasteiger partial charge is 0.250 e. The molecule has 1 aromatic heterocycles. The van der Waals surface area contributed by atoms with Crippen LogP contribution in [0.1, 0.15) is 19.4 Å². The molecule has 0 radical (unpaired) electrons. The highest BCUT2D eigenvalue weighted by molar-refractivity contribution is 6.30. The van der Waals surface area contributed by atoms with Crippen LogP contribution in [0.15, 0.2) is 36.7 Å². The molecule has 0 N–H and O–H groups in total. The first-order valence-corrected chi connectivity index (χ1v) is 9.09. The van der Waals surface area contributed by atoms with Crippen LogP contribution in [-0.4, -0.2) is 51.7 Å². The molecule has 0 atom stereocenters. The van der Waals surface area contributed by atoms with Crippen molar-refractivity contribution in [1.82, 2.24) is 19.6 Å². The van der Waals surface area contributed by atoms with Gasteiger partial charge in [-0.05, 0) is 31.5 Å². The highest BCUT2D eigenvalue weighted by Crippen LogP contribution is 2.21. The first-order chi connectivity index (χ1) is 11.9. The summed E-state index contributed by atoms with van der Waals surface area (Å²) in [6.45, 7) is 7.75. The molecule has 0 spiro atoms. The number of carbonyl (C=O) groups excluding carboxylic acids is 1. The van der Waals surface area contributed by atoms with E-state index in [9.17, 15) is 4.79 Å². The van der Waals surface area contributed by atoms with E-state index in [1.165, 1.54) is 5.56 Å². The minimum Gasteiger partial charge on any atom is -0.338 e. The Kier molecular flexibility index (Phi) is 5.37. The van der Waals surface area contributed by atoms with Gasteiger partial charge >= 0.3 is 0 Å². The van der Waals surface area contributed by atoms with Crippen LogP contribution in [0, 0.1) is 0 Å². The van der Waals surface area contributed by atoms with Gasteiger partial charge in [-0.2, -0.15) is 5.10 Å². The van der Waals surface area contributed by atoms with Crippen LogP contribution in [0.25, 0.3) is 0 Å². The van der Waals surface area contributed by atoms with Crippen LogP contribution in [0.3, 0.4) is 0 Å². The molecule has 25 heavy (non-hydrogen) atoms. The van der Waals surface area contributed by atoms with Crippen LogP contribution in [0.2, 0.25) is 10.0 Å². The maximum atomic E-state index is 12.9. The summed E-state index contributed by atoms with van der Waals surface area (Å²) in [5.74, 6) is 0.0680. The molecule has 2 aromatic rings. The summed E-state index contributed by atoms with van der Waals surface area (Å²) >= 11 is 11.9. The summed E-state index contributed by atoms with van der Waals surface area (Å²) in [4.78, 5) is 17.2. The number of aromatic nitrogens is 2. The summed E-state index contributed by atoms with van der Waals surface area (Å²) in [5, 5.41) is 5.48. The van der Waals surface area contributed by atoms with Crippen molar-refractivity contribution in [3.05, 3.63) is 52.3 Å². The Balaban J connectivity index is 1.58.